The molecule has 0 saturated heterocycles. The van der Waals surface area contributed by atoms with Crippen molar-refractivity contribution in [2.24, 2.45) is 0 Å². The van der Waals surface area contributed by atoms with Crippen LogP contribution in [0.1, 0.15) is 98.6 Å². The van der Waals surface area contributed by atoms with Crippen LogP contribution in [0.4, 0.5) is 0 Å². The molecular formula is C63H56N4. The van der Waals surface area contributed by atoms with E-state index in [4.69, 9.17) is 19.9 Å². The molecule has 2 heterocycles. The summed E-state index contributed by atoms with van der Waals surface area (Å²) in [6.07, 6.45) is 14.1. The number of hydrogen-bond acceptors (Lipinski definition) is 4. The van der Waals surface area contributed by atoms with Crippen LogP contribution in [-0.2, 0) is 18.3 Å². The Morgan fingerprint density at radius 2 is 0.791 bits per heavy atom. The highest BCUT2D eigenvalue weighted by Gasteiger charge is 2.51. The average molecular weight is 869 g/mol. The fraction of sp³-hybridized carbons (Fsp3) is 0.206. The molecule has 0 amide bonds. The van der Waals surface area contributed by atoms with Crippen LogP contribution >= 0.6 is 0 Å². The van der Waals surface area contributed by atoms with E-state index < -0.39 is 5.41 Å². The number of unbranched alkanes of at least 4 members (excludes halogenated alkanes) is 6. The van der Waals surface area contributed by atoms with Crippen LogP contribution in [0, 0.1) is 0 Å². The molecule has 328 valence electrons. The topological polar surface area (TPSA) is 51.6 Å². The Balaban J connectivity index is 0.969. The summed E-state index contributed by atoms with van der Waals surface area (Å²) in [6, 6.07) is 64.6. The minimum atomic E-state index is -0.475. The highest BCUT2D eigenvalue weighted by Crippen LogP contribution is 2.63. The van der Waals surface area contributed by atoms with Crippen LogP contribution in [0.25, 0.3) is 78.8 Å². The fourth-order valence-electron chi connectivity index (χ4n) is 10.7. The van der Waals surface area contributed by atoms with Gasteiger partial charge >= 0.3 is 0 Å². The van der Waals surface area contributed by atoms with Crippen LogP contribution in [0.2, 0.25) is 0 Å². The molecule has 2 aliphatic carbocycles. The first-order chi connectivity index (χ1) is 33.1. The van der Waals surface area contributed by atoms with Crippen molar-refractivity contribution in [3.8, 4) is 78.8 Å². The van der Waals surface area contributed by atoms with Gasteiger partial charge in [0, 0.05) is 28.5 Å². The van der Waals surface area contributed by atoms with Gasteiger partial charge in [0.05, 0.1) is 11.1 Å². The predicted molar refractivity (Wildman–Crippen MR) is 277 cm³/mol. The van der Waals surface area contributed by atoms with Gasteiger partial charge in [-0.15, -0.1) is 0 Å². The van der Waals surface area contributed by atoms with E-state index in [9.17, 15) is 0 Å². The zero-order chi connectivity index (χ0) is 45.2. The maximum absolute atomic E-state index is 5.17. The van der Waals surface area contributed by atoms with Crippen molar-refractivity contribution in [2.75, 3.05) is 0 Å². The largest absolute Gasteiger partial charge is 0.255 e. The Kier molecular flexibility index (Phi) is 11.7. The lowest BCUT2D eigenvalue weighted by molar-refractivity contribution is 0.667. The van der Waals surface area contributed by atoms with Crippen molar-refractivity contribution in [1.29, 1.82) is 0 Å². The maximum atomic E-state index is 5.17. The molecule has 7 aromatic carbocycles. The molecule has 0 unspecified atom stereocenters. The summed E-state index contributed by atoms with van der Waals surface area (Å²) in [5.74, 6) is 1.95. The monoisotopic (exact) mass is 868 g/mol. The Labute approximate surface area is 395 Å². The minimum absolute atomic E-state index is 0.475. The molecule has 2 aliphatic rings. The van der Waals surface area contributed by atoms with Crippen molar-refractivity contribution in [3.05, 3.63) is 216 Å². The van der Waals surface area contributed by atoms with Crippen LogP contribution in [0.15, 0.2) is 182 Å². The van der Waals surface area contributed by atoms with Crippen LogP contribution < -0.4 is 0 Å². The molecule has 0 radical (unpaired) electrons. The van der Waals surface area contributed by atoms with Crippen molar-refractivity contribution >= 4 is 0 Å². The lowest BCUT2D eigenvalue weighted by Gasteiger charge is -2.31. The zero-order valence-electron chi connectivity index (χ0n) is 38.7. The molecule has 0 fully saturated rings. The number of hydrogen-bond donors (Lipinski definition) is 0. The molecule has 9 aromatic rings. The normalized spacial score (nSPS) is 12.7. The minimum Gasteiger partial charge on any atom is -0.255 e. The van der Waals surface area contributed by atoms with Gasteiger partial charge in [-0.2, -0.15) is 0 Å². The zero-order valence-corrected chi connectivity index (χ0v) is 38.7. The van der Waals surface area contributed by atoms with E-state index in [0.717, 1.165) is 40.8 Å². The second kappa shape index (κ2) is 18.5. The summed E-state index contributed by atoms with van der Waals surface area (Å²) in [6.45, 7) is 4.52. The van der Waals surface area contributed by atoms with Gasteiger partial charge in [-0.05, 0) is 117 Å². The van der Waals surface area contributed by atoms with E-state index in [-0.39, 0.29) is 0 Å². The number of aromatic nitrogens is 4. The Hall–Kier alpha value is -7.30. The van der Waals surface area contributed by atoms with E-state index in [0.29, 0.717) is 17.5 Å². The van der Waals surface area contributed by atoms with Gasteiger partial charge in [-0.3, -0.25) is 4.98 Å². The maximum Gasteiger partial charge on any atom is 0.165 e. The summed E-state index contributed by atoms with van der Waals surface area (Å²) in [5, 5.41) is 0. The summed E-state index contributed by atoms with van der Waals surface area (Å²) in [7, 11) is 0. The predicted octanol–water partition coefficient (Wildman–Crippen LogP) is 16.2. The van der Waals surface area contributed by atoms with Crippen molar-refractivity contribution < 1.29 is 0 Å². The highest BCUT2D eigenvalue weighted by atomic mass is 15.0. The molecule has 4 heteroatoms. The van der Waals surface area contributed by atoms with Crippen molar-refractivity contribution in [2.45, 2.75) is 83.5 Å². The Morgan fingerprint density at radius 3 is 1.31 bits per heavy atom. The van der Waals surface area contributed by atoms with Gasteiger partial charge < -0.3 is 0 Å². The first-order valence-electron chi connectivity index (χ1n) is 24.6. The molecule has 0 saturated carbocycles. The number of benzene rings is 7. The second-order valence-corrected chi connectivity index (χ2v) is 18.5. The highest BCUT2D eigenvalue weighted by molar-refractivity contribution is 5.96. The third-order valence-corrected chi connectivity index (χ3v) is 14.2. The SMILES string of the molecule is CCCCCCc1ccc(-c2nc(-c3ccc(CCCCCC)cc3)nc(-c3ccc(-c4ccc5c(c4)C4(c6ccccc6-c6ccccc64)c4cc(-c6ccccc6)ccc4-5)nc3)n2)cc1. The van der Waals surface area contributed by atoms with Gasteiger partial charge in [-0.1, -0.05) is 204 Å². The van der Waals surface area contributed by atoms with Gasteiger partial charge in [-0.25, -0.2) is 15.0 Å². The van der Waals surface area contributed by atoms with Gasteiger partial charge in [0.2, 0.25) is 0 Å². The van der Waals surface area contributed by atoms with E-state index in [1.165, 1.54) is 118 Å². The van der Waals surface area contributed by atoms with E-state index in [2.05, 4.69) is 190 Å². The van der Waals surface area contributed by atoms with Crippen LogP contribution in [0.3, 0.4) is 0 Å². The summed E-state index contributed by atoms with van der Waals surface area (Å²) >= 11 is 0. The Morgan fingerprint density at radius 1 is 0.343 bits per heavy atom. The second-order valence-electron chi connectivity index (χ2n) is 18.5. The molecule has 4 nitrogen and oxygen atoms in total. The molecule has 2 aromatic heterocycles. The molecule has 0 atom stereocenters. The van der Waals surface area contributed by atoms with Gasteiger partial charge in [0.25, 0.3) is 0 Å². The summed E-state index contributed by atoms with van der Waals surface area (Å²) in [4.78, 5) is 20.5. The third-order valence-electron chi connectivity index (χ3n) is 14.2. The molecule has 0 bridgehead atoms. The molecule has 11 rings (SSSR count). The summed E-state index contributed by atoms with van der Waals surface area (Å²) in [5.41, 5.74) is 19.9. The van der Waals surface area contributed by atoms with Crippen molar-refractivity contribution in [1.82, 2.24) is 19.9 Å². The van der Waals surface area contributed by atoms with E-state index in [1.807, 2.05) is 6.20 Å². The first kappa shape index (κ1) is 42.3. The molecular weight excluding hydrogens is 813 g/mol. The number of aryl methyl sites for hydroxylation is 2. The standard InChI is InChI=1S/C63H56N4/c1-3-5-7-10-18-43-26-30-46(31-27-43)60-65-61(47-32-28-44(29-33-47)19-11-8-6-4-2)67-62(66-60)50-36-39-59(64-42-50)49-35-38-54-53-37-34-48(45-20-12-9-13-21-45)40-57(53)63(58(54)41-49)55-24-16-14-22-51(55)52-23-15-17-25-56(52)63/h9,12-17,20-42H,3-8,10-11,18-19H2,1-2H3. The number of nitrogens with zero attached hydrogens (tertiary/aromatic N) is 4. The average Bonchev–Trinajstić information content (AvgIpc) is 3.86. The van der Waals surface area contributed by atoms with Gasteiger partial charge in [0.15, 0.2) is 17.5 Å². The number of fused-ring (bicyclic) bond motifs is 10. The molecule has 67 heavy (non-hydrogen) atoms. The molecule has 0 N–H and O–H groups in total. The number of pyridine rings is 1. The summed E-state index contributed by atoms with van der Waals surface area (Å²) < 4.78 is 0. The van der Waals surface area contributed by atoms with Crippen LogP contribution in [-0.4, -0.2) is 19.9 Å². The number of rotatable bonds is 15. The van der Waals surface area contributed by atoms with E-state index in [1.54, 1.807) is 0 Å². The lowest BCUT2D eigenvalue weighted by Crippen LogP contribution is -2.26. The van der Waals surface area contributed by atoms with E-state index >= 15 is 0 Å². The quantitative estimate of drug-likeness (QED) is 0.0963. The van der Waals surface area contributed by atoms with Crippen LogP contribution in [0.5, 0.6) is 0 Å². The first-order valence-corrected chi connectivity index (χ1v) is 24.6. The fourth-order valence-corrected chi connectivity index (χ4v) is 10.7. The third kappa shape index (κ3) is 7.89. The Bertz CT molecular complexity index is 3070. The smallest absolute Gasteiger partial charge is 0.165 e. The lowest BCUT2D eigenvalue weighted by atomic mass is 9.70. The van der Waals surface area contributed by atoms with Crippen molar-refractivity contribution in [3.63, 3.8) is 0 Å². The van der Waals surface area contributed by atoms with Gasteiger partial charge in [0.1, 0.15) is 0 Å². The molecule has 0 aliphatic heterocycles. The molecule has 1 spiro atoms.